The van der Waals surface area contributed by atoms with Crippen LogP contribution >= 0.6 is 0 Å². The lowest BCUT2D eigenvalue weighted by molar-refractivity contribution is 0.0510. The number of hydrogen-bond acceptors (Lipinski definition) is 2. The second-order valence-corrected chi connectivity index (χ2v) is 7.35. The zero-order valence-corrected chi connectivity index (χ0v) is 15.2. The average molecular weight is 330 g/mol. The fourth-order valence-electron chi connectivity index (χ4n) is 4.18. The van der Waals surface area contributed by atoms with Crippen LogP contribution in [-0.4, -0.2) is 17.7 Å². The van der Waals surface area contributed by atoms with Gasteiger partial charge in [-0.1, -0.05) is 44.5 Å². The number of halogens is 1. The zero-order chi connectivity index (χ0) is 17.4. The Kier molecular flexibility index (Phi) is 7.24. The van der Waals surface area contributed by atoms with Crippen molar-refractivity contribution in [2.45, 2.75) is 77.8 Å². The standard InChI is InChI=1S/C21H31FN2/c1-3-11-21(14-15-23)12-9-20(10-13-21)24(17-22)16-19-7-5-18(4-2)6-8-19/h5-8,20H,3-4,9-14,16-17H2,1-2H3. The molecule has 2 rings (SSSR count). The summed E-state index contributed by atoms with van der Waals surface area (Å²) in [6, 6.07) is 11.2. The number of hydrogen-bond donors (Lipinski definition) is 0. The Hall–Kier alpha value is -1.40. The summed E-state index contributed by atoms with van der Waals surface area (Å²) in [5, 5.41) is 9.15. The summed E-state index contributed by atoms with van der Waals surface area (Å²) in [6.07, 6.45) is 8.09. The molecule has 0 radical (unpaired) electrons. The molecule has 0 aromatic heterocycles. The van der Waals surface area contributed by atoms with Crippen LogP contribution < -0.4 is 0 Å². The van der Waals surface area contributed by atoms with Gasteiger partial charge in [0.2, 0.25) is 0 Å². The molecule has 1 aromatic rings. The van der Waals surface area contributed by atoms with E-state index in [0.717, 1.165) is 44.9 Å². The van der Waals surface area contributed by atoms with Crippen LogP contribution in [-0.2, 0) is 13.0 Å². The largest absolute Gasteiger partial charge is 0.269 e. The van der Waals surface area contributed by atoms with Crippen molar-refractivity contribution >= 4 is 0 Å². The Bertz CT molecular complexity index is 524. The minimum atomic E-state index is -0.390. The molecule has 0 aliphatic heterocycles. The molecule has 132 valence electrons. The van der Waals surface area contributed by atoms with Crippen molar-refractivity contribution in [3.63, 3.8) is 0 Å². The Morgan fingerprint density at radius 3 is 2.29 bits per heavy atom. The van der Waals surface area contributed by atoms with Crippen molar-refractivity contribution in [3.8, 4) is 6.07 Å². The van der Waals surface area contributed by atoms with Crippen molar-refractivity contribution in [1.29, 1.82) is 5.26 Å². The maximum Gasteiger partial charge on any atom is 0.143 e. The molecular formula is C21H31FN2. The van der Waals surface area contributed by atoms with Gasteiger partial charge in [-0.15, -0.1) is 0 Å². The lowest BCUT2D eigenvalue weighted by Crippen LogP contribution is -2.40. The molecule has 0 amide bonds. The molecule has 0 unspecified atom stereocenters. The molecule has 0 bridgehead atoms. The third-order valence-electron chi connectivity index (χ3n) is 5.74. The normalized spacial score (nSPS) is 24.0. The minimum Gasteiger partial charge on any atom is -0.269 e. The Balaban J connectivity index is 1.95. The number of nitriles is 1. The summed E-state index contributed by atoms with van der Waals surface area (Å²) in [6.45, 7) is 4.64. The molecule has 3 heteroatoms. The highest BCUT2D eigenvalue weighted by Crippen LogP contribution is 2.44. The molecular weight excluding hydrogens is 299 g/mol. The Labute approximate surface area is 146 Å². The van der Waals surface area contributed by atoms with E-state index in [1.54, 1.807) is 0 Å². The maximum atomic E-state index is 13.6. The van der Waals surface area contributed by atoms with Gasteiger partial charge in [-0.25, -0.2) is 4.39 Å². The van der Waals surface area contributed by atoms with Crippen LogP contribution in [0.5, 0.6) is 0 Å². The smallest absolute Gasteiger partial charge is 0.143 e. The van der Waals surface area contributed by atoms with Crippen LogP contribution in [0.1, 0.15) is 69.9 Å². The van der Waals surface area contributed by atoms with Crippen molar-refractivity contribution < 1.29 is 4.39 Å². The first kappa shape index (κ1) is 18.9. The van der Waals surface area contributed by atoms with Crippen molar-refractivity contribution in [2.24, 2.45) is 5.41 Å². The Morgan fingerprint density at radius 1 is 1.17 bits per heavy atom. The highest BCUT2D eigenvalue weighted by Gasteiger charge is 2.36. The van der Waals surface area contributed by atoms with Crippen LogP contribution in [0.15, 0.2) is 24.3 Å². The molecule has 0 heterocycles. The van der Waals surface area contributed by atoms with Crippen LogP contribution in [0.3, 0.4) is 0 Å². The molecule has 1 fully saturated rings. The molecule has 2 nitrogen and oxygen atoms in total. The lowest BCUT2D eigenvalue weighted by Gasteiger charge is -2.42. The van der Waals surface area contributed by atoms with Crippen molar-refractivity contribution in [3.05, 3.63) is 35.4 Å². The number of benzene rings is 1. The van der Waals surface area contributed by atoms with Gasteiger partial charge < -0.3 is 0 Å². The molecule has 1 aliphatic rings. The molecule has 1 saturated carbocycles. The lowest BCUT2D eigenvalue weighted by atomic mass is 9.68. The van der Waals surface area contributed by atoms with E-state index < -0.39 is 0 Å². The minimum absolute atomic E-state index is 0.185. The van der Waals surface area contributed by atoms with Crippen LogP contribution in [0, 0.1) is 16.7 Å². The van der Waals surface area contributed by atoms with E-state index in [1.807, 2.05) is 4.90 Å². The summed E-state index contributed by atoms with van der Waals surface area (Å²) >= 11 is 0. The predicted octanol–water partition coefficient (Wildman–Crippen LogP) is 5.62. The summed E-state index contributed by atoms with van der Waals surface area (Å²) in [5.41, 5.74) is 2.70. The first-order chi connectivity index (χ1) is 11.7. The summed E-state index contributed by atoms with van der Waals surface area (Å²) in [4.78, 5) is 1.98. The Morgan fingerprint density at radius 2 is 1.79 bits per heavy atom. The van der Waals surface area contributed by atoms with Gasteiger partial charge in [-0.05, 0) is 55.1 Å². The topological polar surface area (TPSA) is 27.0 Å². The predicted molar refractivity (Wildman–Crippen MR) is 97.2 cm³/mol. The molecule has 0 atom stereocenters. The summed E-state index contributed by atoms with van der Waals surface area (Å²) in [7, 11) is 0. The van der Waals surface area contributed by atoms with Crippen LogP contribution in [0.25, 0.3) is 0 Å². The second-order valence-electron chi connectivity index (χ2n) is 7.35. The second kappa shape index (κ2) is 9.18. The third kappa shape index (κ3) is 4.80. The summed E-state index contributed by atoms with van der Waals surface area (Å²) < 4.78 is 13.6. The average Bonchev–Trinajstić information content (AvgIpc) is 2.61. The molecule has 1 aromatic carbocycles. The number of aryl methyl sites for hydroxylation is 1. The van der Waals surface area contributed by atoms with Gasteiger partial charge in [-0.2, -0.15) is 5.26 Å². The van der Waals surface area contributed by atoms with Gasteiger partial charge >= 0.3 is 0 Å². The SMILES string of the molecule is CCCC1(CC#N)CCC(N(CF)Cc2ccc(CC)cc2)CC1. The molecule has 1 aliphatic carbocycles. The van der Waals surface area contributed by atoms with Gasteiger partial charge in [-0.3, -0.25) is 4.90 Å². The van der Waals surface area contributed by atoms with E-state index in [2.05, 4.69) is 44.2 Å². The van der Waals surface area contributed by atoms with Gasteiger partial charge in [0.1, 0.15) is 6.80 Å². The number of nitrogens with zero attached hydrogens (tertiary/aromatic N) is 2. The van der Waals surface area contributed by atoms with E-state index in [-0.39, 0.29) is 12.2 Å². The molecule has 0 saturated heterocycles. The fourth-order valence-corrected chi connectivity index (χ4v) is 4.18. The van der Waals surface area contributed by atoms with Gasteiger partial charge in [0.25, 0.3) is 0 Å². The number of alkyl halides is 1. The molecule has 24 heavy (non-hydrogen) atoms. The van der Waals surface area contributed by atoms with E-state index in [1.165, 1.54) is 11.1 Å². The van der Waals surface area contributed by atoms with E-state index in [4.69, 9.17) is 5.26 Å². The zero-order valence-electron chi connectivity index (χ0n) is 15.2. The summed E-state index contributed by atoms with van der Waals surface area (Å²) in [5.74, 6) is 0. The third-order valence-corrected chi connectivity index (χ3v) is 5.74. The molecule has 0 spiro atoms. The fraction of sp³-hybridized carbons (Fsp3) is 0.667. The van der Waals surface area contributed by atoms with Crippen molar-refractivity contribution in [2.75, 3.05) is 6.80 Å². The maximum absolute atomic E-state index is 13.6. The van der Waals surface area contributed by atoms with Crippen molar-refractivity contribution in [1.82, 2.24) is 4.90 Å². The number of rotatable bonds is 8. The van der Waals surface area contributed by atoms with E-state index in [0.29, 0.717) is 19.0 Å². The van der Waals surface area contributed by atoms with Gasteiger partial charge in [0, 0.05) is 19.0 Å². The molecule has 0 N–H and O–H groups in total. The van der Waals surface area contributed by atoms with E-state index in [9.17, 15) is 4.39 Å². The van der Waals surface area contributed by atoms with E-state index >= 15 is 0 Å². The monoisotopic (exact) mass is 330 g/mol. The van der Waals surface area contributed by atoms with Gasteiger partial charge in [0.15, 0.2) is 0 Å². The highest BCUT2D eigenvalue weighted by molar-refractivity contribution is 5.22. The highest BCUT2D eigenvalue weighted by atomic mass is 19.1. The van der Waals surface area contributed by atoms with Crippen LogP contribution in [0.2, 0.25) is 0 Å². The van der Waals surface area contributed by atoms with Crippen LogP contribution in [0.4, 0.5) is 4.39 Å². The first-order valence-electron chi connectivity index (χ1n) is 9.41. The van der Waals surface area contributed by atoms with Gasteiger partial charge in [0.05, 0.1) is 6.07 Å². The first-order valence-corrected chi connectivity index (χ1v) is 9.41. The quantitative estimate of drug-likeness (QED) is 0.578.